The molecule has 1 heterocycles. The van der Waals surface area contributed by atoms with Gasteiger partial charge in [-0.2, -0.15) is 13.2 Å². The maximum atomic E-state index is 12.0. The summed E-state index contributed by atoms with van der Waals surface area (Å²) in [4.78, 5) is 3.39. The van der Waals surface area contributed by atoms with Gasteiger partial charge in [0.1, 0.15) is 5.15 Å². The summed E-state index contributed by atoms with van der Waals surface area (Å²) >= 11 is 10.8. The zero-order valence-electron chi connectivity index (χ0n) is 6.52. The molecule has 0 fully saturated rings. The van der Waals surface area contributed by atoms with E-state index in [1.165, 1.54) is 0 Å². The Balaban J connectivity index is 3.03. The van der Waals surface area contributed by atoms with Gasteiger partial charge >= 0.3 is 6.18 Å². The van der Waals surface area contributed by atoms with Crippen LogP contribution in [0.2, 0.25) is 10.2 Å². The van der Waals surface area contributed by atoms with E-state index < -0.39 is 17.8 Å². The van der Waals surface area contributed by atoms with Crippen molar-refractivity contribution in [3.63, 3.8) is 0 Å². The molecule has 0 saturated heterocycles. The lowest BCUT2D eigenvalue weighted by Crippen LogP contribution is -2.20. The van der Waals surface area contributed by atoms with Crippen molar-refractivity contribution in [2.45, 2.75) is 12.3 Å². The van der Waals surface area contributed by atoms with E-state index in [9.17, 15) is 13.2 Å². The van der Waals surface area contributed by atoms with Gasteiger partial charge in [-0.1, -0.05) is 23.2 Å². The minimum absolute atomic E-state index is 0.107. The number of hydrogen-bond donors (Lipinski definition) is 1. The predicted molar refractivity (Wildman–Crippen MR) is 45.3 cm³/mol. The van der Waals surface area contributed by atoms with E-state index >= 15 is 0 Å². The van der Waals surface area contributed by atoms with Crippen LogP contribution in [0.1, 0.15) is 11.7 Å². The number of aromatic nitrogens is 1. The molecule has 0 bridgehead atoms. The largest absolute Gasteiger partial charge is 0.418 e. The fraction of sp³-hybridized carbons (Fsp3) is 0.286. The number of pyridine rings is 1. The van der Waals surface area contributed by atoms with Crippen molar-refractivity contribution in [2.75, 3.05) is 0 Å². The van der Waals surface area contributed by atoms with Gasteiger partial charge in [0.2, 0.25) is 0 Å². The summed E-state index contributed by atoms with van der Waals surface area (Å²) in [6.07, 6.45) is -6.50. The van der Waals surface area contributed by atoms with Gasteiger partial charge in [0, 0.05) is 11.8 Å². The van der Waals surface area contributed by atoms with E-state index in [0.29, 0.717) is 0 Å². The quantitative estimate of drug-likeness (QED) is 0.772. The van der Waals surface area contributed by atoms with Crippen LogP contribution in [0.4, 0.5) is 13.2 Å². The second-order valence-corrected chi connectivity index (χ2v) is 3.25. The molecule has 0 aliphatic carbocycles. The van der Waals surface area contributed by atoms with Gasteiger partial charge in [0.05, 0.1) is 5.02 Å². The van der Waals surface area contributed by atoms with E-state index in [0.717, 1.165) is 12.3 Å². The fourth-order valence-corrected chi connectivity index (χ4v) is 1.05. The number of aliphatic hydroxyl groups excluding tert-OH is 1. The predicted octanol–water partition coefficient (Wildman–Crippen LogP) is 2.98. The summed E-state index contributed by atoms with van der Waals surface area (Å²) in [6, 6.07) is 0.926. The molecule has 0 aliphatic heterocycles. The average molecular weight is 246 g/mol. The number of halogens is 5. The van der Waals surface area contributed by atoms with Crippen molar-refractivity contribution in [3.05, 3.63) is 28.0 Å². The standard InChI is InChI=1S/C7H4Cl2F3NO/c8-4-1-3(2-13-6(4)9)5(14)7(10,11)12/h1-2,5,14H/t5-/m0/s1. The van der Waals surface area contributed by atoms with Crippen LogP contribution in [0.5, 0.6) is 0 Å². The Kier molecular flexibility index (Phi) is 3.24. The highest BCUT2D eigenvalue weighted by Crippen LogP contribution is 2.33. The van der Waals surface area contributed by atoms with Gasteiger partial charge in [-0.05, 0) is 6.07 Å². The lowest BCUT2D eigenvalue weighted by molar-refractivity contribution is -0.206. The topological polar surface area (TPSA) is 33.1 Å². The molecule has 1 atom stereocenters. The summed E-state index contributed by atoms with van der Waals surface area (Å²) in [6.45, 7) is 0. The van der Waals surface area contributed by atoms with E-state index in [4.69, 9.17) is 28.3 Å². The average Bonchev–Trinajstić information content (AvgIpc) is 2.07. The van der Waals surface area contributed by atoms with Crippen LogP contribution in [0.3, 0.4) is 0 Å². The van der Waals surface area contributed by atoms with Crippen LogP contribution in [0, 0.1) is 0 Å². The lowest BCUT2D eigenvalue weighted by Gasteiger charge is -2.14. The summed E-state index contributed by atoms with van der Waals surface area (Å²) in [7, 11) is 0. The molecule has 1 rings (SSSR count). The molecule has 1 aromatic rings. The molecule has 0 aliphatic rings. The number of aliphatic hydroxyl groups is 1. The Morgan fingerprint density at radius 3 is 2.36 bits per heavy atom. The second-order valence-electron chi connectivity index (χ2n) is 2.49. The smallest absolute Gasteiger partial charge is 0.379 e. The minimum Gasteiger partial charge on any atom is -0.379 e. The van der Waals surface area contributed by atoms with Crippen molar-refractivity contribution >= 4 is 23.2 Å². The summed E-state index contributed by atoms with van der Waals surface area (Å²) in [5, 5.41) is 8.57. The van der Waals surface area contributed by atoms with Crippen LogP contribution < -0.4 is 0 Å². The third-order valence-electron chi connectivity index (χ3n) is 1.44. The second kappa shape index (κ2) is 3.92. The van der Waals surface area contributed by atoms with Crippen LogP contribution in [-0.4, -0.2) is 16.3 Å². The van der Waals surface area contributed by atoms with Crippen LogP contribution >= 0.6 is 23.2 Å². The molecule has 78 valence electrons. The Morgan fingerprint density at radius 1 is 1.36 bits per heavy atom. The molecule has 1 N–H and O–H groups in total. The molecule has 2 nitrogen and oxygen atoms in total. The van der Waals surface area contributed by atoms with Crippen LogP contribution in [0.25, 0.3) is 0 Å². The van der Waals surface area contributed by atoms with Crippen molar-refractivity contribution in [1.82, 2.24) is 4.98 Å². The maximum Gasteiger partial charge on any atom is 0.418 e. The maximum absolute atomic E-state index is 12.0. The first-order valence-corrected chi connectivity index (χ1v) is 4.13. The van der Waals surface area contributed by atoms with Gasteiger partial charge in [0.15, 0.2) is 6.10 Å². The number of alkyl halides is 3. The molecule has 14 heavy (non-hydrogen) atoms. The minimum atomic E-state index is -4.74. The van der Waals surface area contributed by atoms with Gasteiger partial charge < -0.3 is 5.11 Å². The zero-order chi connectivity index (χ0) is 10.9. The molecule has 0 amide bonds. The molecule has 0 saturated carbocycles. The van der Waals surface area contributed by atoms with Gasteiger partial charge in [-0.15, -0.1) is 0 Å². The van der Waals surface area contributed by atoms with Crippen molar-refractivity contribution in [3.8, 4) is 0 Å². The Hall–Kier alpha value is -0.520. The molecule has 1 aromatic heterocycles. The SMILES string of the molecule is O[C@@H](c1cnc(Cl)c(Cl)c1)C(F)(F)F. The van der Waals surface area contributed by atoms with Gasteiger partial charge in [0.25, 0.3) is 0 Å². The number of nitrogens with zero attached hydrogens (tertiary/aromatic N) is 1. The third kappa shape index (κ3) is 2.50. The molecule has 0 radical (unpaired) electrons. The lowest BCUT2D eigenvalue weighted by atomic mass is 10.1. The van der Waals surface area contributed by atoms with Crippen LogP contribution in [0.15, 0.2) is 12.3 Å². The first-order chi connectivity index (χ1) is 6.32. The van der Waals surface area contributed by atoms with E-state index in [-0.39, 0.29) is 10.2 Å². The monoisotopic (exact) mass is 245 g/mol. The first kappa shape index (κ1) is 11.6. The zero-order valence-corrected chi connectivity index (χ0v) is 8.03. The van der Waals surface area contributed by atoms with Gasteiger partial charge in [-0.25, -0.2) is 4.98 Å². The summed E-state index contributed by atoms with van der Waals surface area (Å²) < 4.78 is 36.0. The Morgan fingerprint density at radius 2 is 1.93 bits per heavy atom. The third-order valence-corrected chi connectivity index (χ3v) is 2.13. The highest BCUT2D eigenvalue weighted by atomic mass is 35.5. The Bertz CT molecular complexity index is 342. The van der Waals surface area contributed by atoms with E-state index in [1.807, 2.05) is 0 Å². The molecular weight excluding hydrogens is 242 g/mol. The highest BCUT2D eigenvalue weighted by Gasteiger charge is 2.39. The van der Waals surface area contributed by atoms with Gasteiger partial charge in [-0.3, -0.25) is 0 Å². The van der Waals surface area contributed by atoms with Crippen molar-refractivity contribution < 1.29 is 18.3 Å². The van der Waals surface area contributed by atoms with Crippen molar-refractivity contribution in [2.24, 2.45) is 0 Å². The van der Waals surface area contributed by atoms with Crippen LogP contribution in [-0.2, 0) is 0 Å². The first-order valence-electron chi connectivity index (χ1n) is 3.38. The number of rotatable bonds is 1. The molecular formula is C7H4Cl2F3NO. The summed E-state index contributed by atoms with van der Waals surface area (Å²) in [5.74, 6) is 0. The van der Waals surface area contributed by atoms with E-state index in [2.05, 4.69) is 4.98 Å². The van der Waals surface area contributed by atoms with E-state index in [1.54, 1.807) is 0 Å². The summed E-state index contributed by atoms with van der Waals surface area (Å²) in [5.41, 5.74) is -0.438. The molecule has 7 heteroatoms. The fourth-order valence-electron chi connectivity index (χ4n) is 0.775. The Labute approximate surface area is 87.3 Å². The van der Waals surface area contributed by atoms with Crippen molar-refractivity contribution in [1.29, 1.82) is 0 Å². The molecule has 0 spiro atoms. The molecule has 0 aromatic carbocycles. The highest BCUT2D eigenvalue weighted by molar-refractivity contribution is 6.41. The molecule has 0 unspecified atom stereocenters. The number of hydrogen-bond acceptors (Lipinski definition) is 2. The normalized spacial score (nSPS) is 14.1.